The van der Waals surface area contributed by atoms with Gasteiger partial charge in [-0.3, -0.25) is 0 Å². The summed E-state index contributed by atoms with van der Waals surface area (Å²) in [6, 6.07) is 12.8. The molecule has 0 saturated carbocycles. The maximum atomic E-state index is 4.62. The van der Waals surface area contributed by atoms with Crippen molar-refractivity contribution in [3.8, 4) is 5.69 Å². The number of aromatic nitrogens is 2. The zero-order valence-electron chi connectivity index (χ0n) is 12.7. The molecule has 0 fully saturated rings. The third-order valence-electron chi connectivity index (χ3n) is 4.03. The van der Waals surface area contributed by atoms with Crippen LogP contribution < -0.4 is 5.32 Å². The largest absolute Gasteiger partial charge is 0.308 e. The van der Waals surface area contributed by atoms with E-state index in [4.69, 9.17) is 0 Å². The molecule has 1 heterocycles. The van der Waals surface area contributed by atoms with E-state index < -0.39 is 0 Å². The molecule has 1 aromatic heterocycles. The Morgan fingerprint density at radius 2 is 1.80 bits per heavy atom. The van der Waals surface area contributed by atoms with Crippen LogP contribution in [0.2, 0.25) is 0 Å². The fourth-order valence-electron chi connectivity index (χ4n) is 2.61. The monoisotopic (exact) mass is 271 g/mol. The van der Waals surface area contributed by atoms with Crippen LogP contribution in [0.5, 0.6) is 0 Å². The average molecular weight is 271 g/mol. The van der Waals surface area contributed by atoms with Gasteiger partial charge >= 0.3 is 0 Å². The second kappa shape index (κ2) is 7.25. The summed E-state index contributed by atoms with van der Waals surface area (Å²) < 4.78 is 1.93. The fourth-order valence-corrected chi connectivity index (χ4v) is 2.61. The van der Waals surface area contributed by atoms with Crippen molar-refractivity contribution in [3.63, 3.8) is 0 Å². The highest BCUT2D eigenvalue weighted by Crippen LogP contribution is 2.13. The van der Waals surface area contributed by atoms with Gasteiger partial charge in [0.2, 0.25) is 0 Å². The Hall–Kier alpha value is -1.61. The minimum absolute atomic E-state index is 0.534. The summed E-state index contributed by atoms with van der Waals surface area (Å²) in [5.41, 5.74) is 2.19. The number of nitrogens with one attached hydrogen (secondary N) is 1. The number of benzene rings is 1. The lowest BCUT2D eigenvalue weighted by Crippen LogP contribution is -2.32. The molecule has 108 valence electrons. The van der Waals surface area contributed by atoms with E-state index in [1.54, 1.807) is 0 Å². The zero-order valence-corrected chi connectivity index (χ0v) is 12.7. The van der Waals surface area contributed by atoms with E-state index in [1.807, 2.05) is 29.1 Å². The van der Waals surface area contributed by atoms with Crippen LogP contribution in [0.25, 0.3) is 5.69 Å². The van der Waals surface area contributed by atoms with Gasteiger partial charge in [-0.1, -0.05) is 44.9 Å². The molecule has 0 amide bonds. The van der Waals surface area contributed by atoms with E-state index in [0.717, 1.165) is 23.8 Å². The van der Waals surface area contributed by atoms with Crippen LogP contribution in [0.3, 0.4) is 0 Å². The number of hydrogen-bond acceptors (Lipinski definition) is 2. The molecular formula is C17H25N3. The molecular weight excluding hydrogens is 246 g/mol. The molecule has 1 unspecified atom stereocenters. The molecule has 0 saturated heterocycles. The van der Waals surface area contributed by atoms with Crippen molar-refractivity contribution in [2.24, 2.45) is 5.92 Å². The van der Waals surface area contributed by atoms with Gasteiger partial charge in [0.15, 0.2) is 0 Å². The van der Waals surface area contributed by atoms with Crippen molar-refractivity contribution in [1.29, 1.82) is 0 Å². The van der Waals surface area contributed by atoms with Gasteiger partial charge in [-0.25, -0.2) is 4.68 Å². The van der Waals surface area contributed by atoms with Gasteiger partial charge in [-0.15, -0.1) is 0 Å². The number of nitrogens with zero attached hydrogens (tertiary/aromatic N) is 2. The first-order chi connectivity index (χ1) is 9.74. The molecule has 1 atom stereocenters. The molecule has 0 radical (unpaired) electrons. The van der Waals surface area contributed by atoms with Crippen LogP contribution in [0.15, 0.2) is 42.6 Å². The lowest BCUT2D eigenvalue weighted by molar-refractivity contribution is 0.351. The summed E-state index contributed by atoms with van der Waals surface area (Å²) in [6.45, 7) is 7.62. The number of para-hydroxylation sites is 1. The molecule has 2 rings (SSSR count). The Balaban J connectivity index is 1.94. The fraction of sp³-hybridized carbons (Fsp3) is 0.471. The van der Waals surface area contributed by atoms with E-state index >= 15 is 0 Å². The minimum atomic E-state index is 0.534. The Morgan fingerprint density at radius 3 is 2.45 bits per heavy atom. The van der Waals surface area contributed by atoms with Gasteiger partial charge in [0.05, 0.1) is 11.4 Å². The highest BCUT2D eigenvalue weighted by atomic mass is 15.3. The standard InChI is InChI=1S/C17H25N3/c1-4-15(5-2)14(3)18-13-16-11-12-20(19-16)17-9-7-6-8-10-17/h6-12,14-15,18H,4-5,13H2,1-3H3. The van der Waals surface area contributed by atoms with Gasteiger partial charge < -0.3 is 5.32 Å². The Kier molecular flexibility index (Phi) is 5.36. The summed E-state index contributed by atoms with van der Waals surface area (Å²) in [7, 11) is 0. The Morgan fingerprint density at radius 1 is 1.10 bits per heavy atom. The molecule has 0 aliphatic heterocycles. The first-order valence-corrected chi connectivity index (χ1v) is 7.58. The topological polar surface area (TPSA) is 29.9 Å². The first kappa shape index (κ1) is 14.8. The van der Waals surface area contributed by atoms with Crippen LogP contribution in [-0.4, -0.2) is 15.8 Å². The van der Waals surface area contributed by atoms with Crippen molar-refractivity contribution >= 4 is 0 Å². The predicted octanol–water partition coefficient (Wildman–Crippen LogP) is 3.79. The van der Waals surface area contributed by atoms with E-state index in [9.17, 15) is 0 Å². The van der Waals surface area contributed by atoms with Crippen LogP contribution in [0.1, 0.15) is 39.3 Å². The van der Waals surface area contributed by atoms with Gasteiger partial charge in [-0.2, -0.15) is 5.10 Å². The van der Waals surface area contributed by atoms with Crippen LogP contribution in [-0.2, 0) is 6.54 Å². The minimum Gasteiger partial charge on any atom is -0.308 e. The van der Waals surface area contributed by atoms with Gasteiger partial charge in [0.25, 0.3) is 0 Å². The summed E-state index contributed by atoms with van der Waals surface area (Å²) in [5, 5.41) is 8.21. The highest BCUT2D eigenvalue weighted by Gasteiger charge is 2.13. The maximum absolute atomic E-state index is 4.62. The van der Waals surface area contributed by atoms with E-state index in [2.05, 4.69) is 49.4 Å². The quantitative estimate of drug-likeness (QED) is 0.830. The second-order valence-electron chi connectivity index (χ2n) is 5.33. The number of rotatable bonds is 7. The summed E-state index contributed by atoms with van der Waals surface area (Å²) in [4.78, 5) is 0. The van der Waals surface area contributed by atoms with E-state index in [-0.39, 0.29) is 0 Å². The molecule has 3 nitrogen and oxygen atoms in total. The van der Waals surface area contributed by atoms with Gasteiger partial charge in [-0.05, 0) is 31.0 Å². The third kappa shape index (κ3) is 3.70. The van der Waals surface area contributed by atoms with Crippen LogP contribution in [0.4, 0.5) is 0 Å². The van der Waals surface area contributed by atoms with E-state index in [1.165, 1.54) is 12.8 Å². The van der Waals surface area contributed by atoms with Crippen LogP contribution in [0, 0.1) is 5.92 Å². The van der Waals surface area contributed by atoms with Crippen LogP contribution >= 0.6 is 0 Å². The Labute approximate surface area is 122 Å². The molecule has 20 heavy (non-hydrogen) atoms. The molecule has 0 spiro atoms. The summed E-state index contributed by atoms with van der Waals surface area (Å²) in [6.07, 6.45) is 4.47. The molecule has 0 aliphatic rings. The molecule has 0 aliphatic carbocycles. The molecule has 2 aromatic rings. The van der Waals surface area contributed by atoms with Crippen molar-refractivity contribution in [3.05, 3.63) is 48.3 Å². The normalized spacial score (nSPS) is 12.8. The molecule has 3 heteroatoms. The van der Waals surface area contributed by atoms with E-state index in [0.29, 0.717) is 6.04 Å². The van der Waals surface area contributed by atoms with Crippen molar-refractivity contribution < 1.29 is 0 Å². The highest BCUT2D eigenvalue weighted by molar-refractivity contribution is 5.30. The maximum Gasteiger partial charge on any atom is 0.0766 e. The average Bonchev–Trinajstić information content (AvgIpc) is 2.96. The Bertz CT molecular complexity index is 500. The predicted molar refractivity (Wildman–Crippen MR) is 83.9 cm³/mol. The summed E-state index contributed by atoms with van der Waals surface area (Å²) in [5.74, 6) is 0.742. The zero-order chi connectivity index (χ0) is 14.4. The van der Waals surface area contributed by atoms with Gasteiger partial charge in [0.1, 0.15) is 0 Å². The molecule has 0 bridgehead atoms. The smallest absolute Gasteiger partial charge is 0.0766 e. The SMILES string of the molecule is CCC(CC)C(C)NCc1ccn(-c2ccccc2)n1. The number of hydrogen-bond donors (Lipinski definition) is 1. The second-order valence-corrected chi connectivity index (χ2v) is 5.33. The third-order valence-corrected chi connectivity index (χ3v) is 4.03. The van der Waals surface area contributed by atoms with Crippen molar-refractivity contribution in [1.82, 2.24) is 15.1 Å². The lowest BCUT2D eigenvalue weighted by atomic mass is 9.95. The molecule has 1 N–H and O–H groups in total. The first-order valence-electron chi connectivity index (χ1n) is 7.58. The van der Waals surface area contributed by atoms with Crippen molar-refractivity contribution in [2.75, 3.05) is 0 Å². The lowest BCUT2D eigenvalue weighted by Gasteiger charge is -2.22. The molecule has 1 aromatic carbocycles. The van der Waals surface area contributed by atoms with Crippen molar-refractivity contribution in [2.45, 2.75) is 46.2 Å². The summed E-state index contributed by atoms with van der Waals surface area (Å²) >= 11 is 0. The van der Waals surface area contributed by atoms with Gasteiger partial charge in [0, 0.05) is 18.8 Å².